The van der Waals surface area contributed by atoms with E-state index < -0.39 is 6.42 Å². The molecule has 1 unspecified atom stereocenters. The van der Waals surface area contributed by atoms with Gasteiger partial charge in [-0.15, -0.1) is 0 Å². The standard InChI is InChI=1S/C9H18FN3/c1-4-5-6-13-9(10)12(7-11-13)8(2)3/h7-9H,4-6H2,1-3H3. The number of rotatable bonds is 4. The highest BCUT2D eigenvalue weighted by atomic mass is 19.1. The number of hydrazone groups is 1. The van der Waals surface area contributed by atoms with Crippen LogP contribution in [-0.2, 0) is 0 Å². The van der Waals surface area contributed by atoms with Gasteiger partial charge in [0.05, 0.1) is 0 Å². The van der Waals surface area contributed by atoms with Crippen LogP contribution >= 0.6 is 0 Å². The van der Waals surface area contributed by atoms with Gasteiger partial charge in [-0.3, -0.25) is 0 Å². The van der Waals surface area contributed by atoms with Gasteiger partial charge in [0.25, 0.3) is 6.42 Å². The largest absolute Gasteiger partial charge is 0.311 e. The summed E-state index contributed by atoms with van der Waals surface area (Å²) in [6.45, 7) is 6.72. The second-order valence-corrected chi connectivity index (χ2v) is 3.60. The summed E-state index contributed by atoms with van der Waals surface area (Å²) in [6, 6.07) is 0.172. The van der Waals surface area contributed by atoms with E-state index in [0.29, 0.717) is 6.54 Å². The lowest BCUT2D eigenvalue weighted by atomic mass is 10.3. The molecule has 0 spiro atoms. The predicted octanol–water partition coefficient (Wildman–Crippen LogP) is 2.01. The minimum absolute atomic E-state index is 0.172. The topological polar surface area (TPSA) is 18.8 Å². The number of unbranched alkanes of at least 4 members (excludes halogenated alkanes) is 1. The molecule has 0 fully saturated rings. The molecule has 0 aromatic rings. The first-order chi connectivity index (χ1) is 6.16. The van der Waals surface area contributed by atoms with E-state index in [4.69, 9.17) is 0 Å². The van der Waals surface area contributed by atoms with Gasteiger partial charge in [-0.1, -0.05) is 13.3 Å². The zero-order valence-corrected chi connectivity index (χ0v) is 8.57. The molecule has 1 aliphatic heterocycles. The van der Waals surface area contributed by atoms with Crippen molar-refractivity contribution in [3.8, 4) is 0 Å². The molecule has 0 aromatic carbocycles. The number of halogens is 1. The molecule has 1 rings (SSSR count). The smallest absolute Gasteiger partial charge is 0.265 e. The highest BCUT2D eigenvalue weighted by molar-refractivity contribution is 5.57. The minimum atomic E-state index is -1.06. The number of hydrogen-bond acceptors (Lipinski definition) is 3. The molecule has 0 aliphatic carbocycles. The molecule has 0 saturated heterocycles. The van der Waals surface area contributed by atoms with Gasteiger partial charge < -0.3 is 4.90 Å². The summed E-state index contributed by atoms with van der Waals surface area (Å²) in [5, 5.41) is 5.52. The van der Waals surface area contributed by atoms with Crippen molar-refractivity contribution in [2.45, 2.75) is 46.1 Å². The predicted molar refractivity (Wildman–Crippen MR) is 52.0 cm³/mol. The van der Waals surface area contributed by atoms with E-state index in [0.717, 1.165) is 12.8 Å². The van der Waals surface area contributed by atoms with Crippen LogP contribution in [0.3, 0.4) is 0 Å². The molecule has 0 saturated carbocycles. The van der Waals surface area contributed by atoms with Gasteiger partial charge in [0.1, 0.15) is 6.34 Å². The fraction of sp³-hybridized carbons (Fsp3) is 0.889. The third-order valence-corrected chi connectivity index (χ3v) is 2.16. The summed E-state index contributed by atoms with van der Waals surface area (Å²) < 4.78 is 13.6. The fourth-order valence-corrected chi connectivity index (χ4v) is 1.25. The third kappa shape index (κ3) is 2.32. The molecule has 13 heavy (non-hydrogen) atoms. The van der Waals surface area contributed by atoms with Gasteiger partial charge in [-0.05, 0) is 20.3 Å². The van der Waals surface area contributed by atoms with Crippen molar-refractivity contribution in [1.82, 2.24) is 9.91 Å². The first-order valence-corrected chi connectivity index (χ1v) is 4.89. The molecule has 3 nitrogen and oxygen atoms in total. The number of nitrogens with zero attached hydrogens (tertiary/aromatic N) is 3. The van der Waals surface area contributed by atoms with E-state index in [2.05, 4.69) is 12.0 Å². The van der Waals surface area contributed by atoms with Crippen LogP contribution in [0.4, 0.5) is 4.39 Å². The van der Waals surface area contributed by atoms with Gasteiger partial charge in [0.15, 0.2) is 0 Å². The Labute approximate surface area is 79.2 Å². The Morgan fingerprint density at radius 1 is 1.54 bits per heavy atom. The van der Waals surface area contributed by atoms with Crippen molar-refractivity contribution in [3.05, 3.63) is 0 Å². The molecule has 76 valence electrons. The van der Waals surface area contributed by atoms with Crippen molar-refractivity contribution in [1.29, 1.82) is 0 Å². The Hall–Kier alpha value is -0.800. The maximum Gasteiger partial charge on any atom is 0.265 e. The summed E-state index contributed by atoms with van der Waals surface area (Å²) in [6.07, 6.45) is 2.58. The number of hydrogen-bond donors (Lipinski definition) is 0. The zero-order chi connectivity index (χ0) is 9.84. The minimum Gasteiger partial charge on any atom is -0.311 e. The Bertz CT molecular complexity index is 182. The fourth-order valence-electron chi connectivity index (χ4n) is 1.25. The van der Waals surface area contributed by atoms with E-state index in [1.807, 2.05) is 13.8 Å². The van der Waals surface area contributed by atoms with Crippen LogP contribution in [0.15, 0.2) is 5.10 Å². The zero-order valence-electron chi connectivity index (χ0n) is 8.57. The third-order valence-electron chi connectivity index (χ3n) is 2.16. The van der Waals surface area contributed by atoms with Crippen LogP contribution in [-0.4, -0.2) is 35.3 Å². The molecule has 1 atom stereocenters. The highest BCUT2D eigenvalue weighted by Gasteiger charge is 2.28. The lowest BCUT2D eigenvalue weighted by Crippen LogP contribution is -2.40. The van der Waals surface area contributed by atoms with Crippen LogP contribution < -0.4 is 0 Å². The van der Waals surface area contributed by atoms with E-state index in [9.17, 15) is 4.39 Å². The molecule has 1 aliphatic rings. The second kappa shape index (κ2) is 4.44. The van der Waals surface area contributed by atoms with Crippen molar-refractivity contribution >= 4 is 6.34 Å². The first-order valence-electron chi connectivity index (χ1n) is 4.89. The maximum atomic E-state index is 13.6. The van der Waals surface area contributed by atoms with Crippen molar-refractivity contribution < 1.29 is 4.39 Å². The van der Waals surface area contributed by atoms with Gasteiger partial charge in [-0.2, -0.15) is 9.49 Å². The summed E-state index contributed by atoms with van der Waals surface area (Å²) >= 11 is 0. The summed E-state index contributed by atoms with van der Waals surface area (Å²) in [5.41, 5.74) is 0. The normalized spacial score (nSPS) is 22.1. The molecule has 0 N–H and O–H groups in total. The summed E-state index contributed by atoms with van der Waals surface area (Å²) in [5.74, 6) is 0. The molecule has 1 heterocycles. The maximum absolute atomic E-state index is 13.6. The van der Waals surface area contributed by atoms with Crippen LogP contribution in [0.1, 0.15) is 33.6 Å². The average molecular weight is 187 g/mol. The van der Waals surface area contributed by atoms with Crippen molar-refractivity contribution in [3.63, 3.8) is 0 Å². The summed E-state index contributed by atoms with van der Waals surface area (Å²) in [7, 11) is 0. The molecular weight excluding hydrogens is 169 g/mol. The van der Waals surface area contributed by atoms with Crippen LogP contribution in [0.2, 0.25) is 0 Å². The van der Waals surface area contributed by atoms with Gasteiger partial charge in [0, 0.05) is 12.6 Å². The molecule has 0 aromatic heterocycles. The molecule has 0 radical (unpaired) electrons. The quantitative estimate of drug-likeness (QED) is 0.627. The Balaban J connectivity index is 2.41. The van der Waals surface area contributed by atoms with E-state index in [-0.39, 0.29) is 6.04 Å². The van der Waals surface area contributed by atoms with Gasteiger partial charge in [0.2, 0.25) is 0 Å². The van der Waals surface area contributed by atoms with E-state index in [1.54, 1.807) is 11.2 Å². The van der Waals surface area contributed by atoms with Crippen molar-refractivity contribution in [2.24, 2.45) is 5.10 Å². The average Bonchev–Trinajstić information content (AvgIpc) is 2.43. The highest BCUT2D eigenvalue weighted by Crippen LogP contribution is 2.16. The number of alkyl halides is 1. The SMILES string of the molecule is CCCCN1N=CN(C(C)C)C1F. The van der Waals surface area contributed by atoms with Crippen LogP contribution in [0, 0.1) is 0 Å². The van der Waals surface area contributed by atoms with Gasteiger partial charge >= 0.3 is 0 Å². The molecule has 4 heteroatoms. The lowest BCUT2D eigenvalue weighted by Gasteiger charge is -2.26. The Morgan fingerprint density at radius 2 is 2.23 bits per heavy atom. The van der Waals surface area contributed by atoms with Crippen LogP contribution in [0.5, 0.6) is 0 Å². The van der Waals surface area contributed by atoms with Crippen LogP contribution in [0.25, 0.3) is 0 Å². The Kier molecular flexibility index (Phi) is 3.51. The monoisotopic (exact) mass is 187 g/mol. The second-order valence-electron chi connectivity index (χ2n) is 3.60. The van der Waals surface area contributed by atoms with E-state index in [1.165, 1.54) is 5.01 Å². The Morgan fingerprint density at radius 3 is 2.69 bits per heavy atom. The molecule has 0 amide bonds. The van der Waals surface area contributed by atoms with E-state index >= 15 is 0 Å². The lowest BCUT2D eigenvalue weighted by molar-refractivity contribution is 0.00180. The molecule has 0 bridgehead atoms. The first kappa shape index (κ1) is 10.3. The summed E-state index contributed by atoms with van der Waals surface area (Å²) in [4.78, 5) is 1.62. The van der Waals surface area contributed by atoms with Gasteiger partial charge in [-0.25, -0.2) is 5.01 Å². The molecular formula is C9H18FN3. The van der Waals surface area contributed by atoms with Crippen molar-refractivity contribution in [2.75, 3.05) is 6.54 Å².